The molecule has 1 aliphatic carbocycles. The van der Waals surface area contributed by atoms with Gasteiger partial charge in [-0.3, -0.25) is 4.79 Å². The molecular formula is C17H24N2O. The fourth-order valence-corrected chi connectivity index (χ4v) is 3.65. The zero-order chi connectivity index (χ0) is 14.1. The Bertz CT molecular complexity index is 500. The van der Waals surface area contributed by atoms with E-state index >= 15 is 0 Å². The van der Waals surface area contributed by atoms with Gasteiger partial charge >= 0.3 is 0 Å². The summed E-state index contributed by atoms with van der Waals surface area (Å²) in [6, 6.07) is 8.55. The van der Waals surface area contributed by atoms with E-state index < -0.39 is 0 Å². The van der Waals surface area contributed by atoms with Gasteiger partial charge in [0.05, 0.1) is 0 Å². The number of para-hydroxylation sites is 1. The molecule has 1 aliphatic heterocycles. The molecule has 1 fully saturated rings. The highest BCUT2D eigenvalue weighted by molar-refractivity contribution is 5.96. The van der Waals surface area contributed by atoms with Crippen molar-refractivity contribution in [2.24, 2.45) is 11.7 Å². The Morgan fingerprint density at radius 2 is 2.05 bits per heavy atom. The van der Waals surface area contributed by atoms with Gasteiger partial charge in [0.15, 0.2) is 0 Å². The highest BCUT2D eigenvalue weighted by atomic mass is 16.2. The number of amides is 1. The van der Waals surface area contributed by atoms with Crippen LogP contribution in [0.3, 0.4) is 0 Å². The third kappa shape index (κ3) is 2.47. The summed E-state index contributed by atoms with van der Waals surface area (Å²) in [5.74, 6) is 0.962. The number of nitrogens with zero attached hydrogens (tertiary/aromatic N) is 1. The summed E-state index contributed by atoms with van der Waals surface area (Å²) in [4.78, 5) is 14.9. The van der Waals surface area contributed by atoms with Crippen LogP contribution in [0.4, 0.5) is 5.69 Å². The van der Waals surface area contributed by atoms with Crippen molar-refractivity contribution in [2.75, 3.05) is 11.4 Å². The molecule has 1 aromatic rings. The van der Waals surface area contributed by atoms with E-state index in [1.54, 1.807) is 0 Å². The van der Waals surface area contributed by atoms with Crippen molar-refractivity contribution in [3.05, 3.63) is 29.8 Å². The molecule has 0 aromatic heterocycles. The summed E-state index contributed by atoms with van der Waals surface area (Å²) >= 11 is 0. The van der Waals surface area contributed by atoms with Crippen LogP contribution in [0, 0.1) is 5.92 Å². The third-order valence-corrected chi connectivity index (χ3v) is 4.87. The second-order valence-corrected chi connectivity index (χ2v) is 6.36. The first-order valence-electron chi connectivity index (χ1n) is 7.82. The van der Waals surface area contributed by atoms with Crippen molar-refractivity contribution in [2.45, 2.75) is 51.0 Å². The SMILES string of the molecule is CC1CCN(C(=O)C2CCCC(N)C2)c2ccccc21. The van der Waals surface area contributed by atoms with E-state index in [-0.39, 0.29) is 12.0 Å². The zero-order valence-corrected chi connectivity index (χ0v) is 12.2. The van der Waals surface area contributed by atoms with Crippen molar-refractivity contribution < 1.29 is 4.79 Å². The summed E-state index contributed by atoms with van der Waals surface area (Å²) in [6.07, 6.45) is 5.07. The topological polar surface area (TPSA) is 46.3 Å². The van der Waals surface area contributed by atoms with Crippen molar-refractivity contribution in [1.29, 1.82) is 0 Å². The second kappa shape index (κ2) is 5.57. The smallest absolute Gasteiger partial charge is 0.230 e. The largest absolute Gasteiger partial charge is 0.328 e. The van der Waals surface area contributed by atoms with Gasteiger partial charge in [0.1, 0.15) is 0 Å². The molecule has 1 heterocycles. The normalized spacial score (nSPS) is 29.9. The van der Waals surface area contributed by atoms with Gasteiger partial charge in [0.2, 0.25) is 5.91 Å². The molecule has 108 valence electrons. The molecule has 1 amide bonds. The van der Waals surface area contributed by atoms with Gasteiger partial charge in [0, 0.05) is 24.2 Å². The molecule has 0 spiro atoms. The lowest BCUT2D eigenvalue weighted by Crippen LogP contribution is -2.43. The van der Waals surface area contributed by atoms with Gasteiger partial charge < -0.3 is 10.6 Å². The molecule has 1 saturated carbocycles. The van der Waals surface area contributed by atoms with E-state index in [0.717, 1.165) is 44.3 Å². The molecular weight excluding hydrogens is 248 g/mol. The molecule has 3 atom stereocenters. The zero-order valence-electron chi connectivity index (χ0n) is 12.2. The number of benzene rings is 1. The molecule has 1 aromatic carbocycles. The minimum atomic E-state index is 0.125. The first-order chi connectivity index (χ1) is 9.66. The maximum absolute atomic E-state index is 12.8. The Morgan fingerprint density at radius 3 is 2.85 bits per heavy atom. The number of rotatable bonds is 1. The van der Waals surface area contributed by atoms with Crippen LogP contribution in [-0.2, 0) is 4.79 Å². The van der Waals surface area contributed by atoms with Crippen molar-refractivity contribution in [3.63, 3.8) is 0 Å². The van der Waals surface area contributed by atoms with E-state index in [1.807, 2.05) is 11.0 Å². The molecule has 2 aliphatic rings. The van der Waals surface area contributed by atoms with Crippen molar-refractivity contribution in [3.8, 4) is 0 Å². The molecule has 2 N–H and O–H groups in total. The summed E-state index contributed by atoms with van der Waals surface area (Å²) in [5.41, 5.74) is 8.47. The van der Waals surface area contributed by atoms with Crippen molar-refractivity contribution in [1.82, 2.24) is 0 Å². The van der Waals surface area contributed by atoms with Crippen molar-refractivity contribution >= 4 is 11.6 Å². The van der Waals surface area contributed by atoms with Crippen LogP contribution in [0.2, 0.25) is 0 Å². The number of anilines is 1. The van der Waals surface area contributed by atoms with Crippen LogP contribution in [-0.4, -0.2) is 18.5 Å². The Labute approximate surface area is 121 Å². The Balaban J connectivity index is 1.84. The summed E-state index contributed by atoms with van der Waals surface area (Å²) in [7, 11) is 0. The standard InChI is InChI=1S/C17H24N2O/c1-12-9-10-19(16-8-3-2-7-15(12)16)17(20)13-5-4-6-14(18)11-13/h2-3,7-8,12-14H,4-6,9-11,18H2,1H3. The third-order valence-electron chi connectivity index (χ3n) is 4.87. The van der Waals surface area contributed by atoms with Gasteiger partial charge in [-0.1, -0.05) is 31.5 Å². The molecule has 0 saturated heterocycles. The number of nitrogens with two attached hydrogens (primary N) is 1. The average Bonchev–Trinajstić information content (AvgIpc) is 2.47. The fourth-order valence-electron chi connectivity index (χ4n) is 3.65. The van der Waals surface area contributed by atoms with E-state index in [1.165, 1.54) is 5.56 Å². The van der Waals surface area contributed by atoms with Crippen LogP contribution in [0.5, 0.6) is 0 Å². The number of hydrogen-bond donors (Lipinski definition) is 1. The Kier molecular flexibility index (Phi) is 3.79. The van der Waals surface area contributed by atoms with E-state index in [2.05, 4.69) is 25.1 Å². The van der Waals surface area contributed by atoms with Crippen LogP contribution >= 0.6 is 0 Å². The first-order valence-corrected chi connectivity index (χ1v) is 7.82. The lowest BCUT2D eigenvalue weighted by molar-refractivity contribution is -0.123. The Hall–Kier alpha value is -1.35. The molecule has 0 radical (unpaired) electrons. The van der Waals surface area contributed by atoms with Crippen LogP contribution in [0.25, 0.3) is 0 Å². The average molecular weight is 272 g/mol. The molecule has 3 rings (SSSR count). The van der Waals surface area contributed by atoms with Gasteiger partial charge in [0.25, 0.3) is 0 Å². The van der Waals surface area contributed by atoms with E-state index in [9.17, 15) is 4.79 Å². The number of carbonyl (C=O) groups is 1. The van der Waals surface area contributed by atoms with Gasteiger partial charge in [-0.05, 0) is 43.2 Å². The van der Waals surface area contributed by atoms with Crippen LogP contribution < -0.4 is 10.6 Å². The number of hydrogen-bond acceptors (Lipinski definition) is 2. The first kappa shape index (κ1) is 13.6. The van der Waals surface area contributed by atoms with Gasteiger partial charge in [-0.25, -0.2) is 0 Å². The quantitative estimate of drug-likeness (QED) is 0.854. The number of fused-ring (bicyclic) bond motifs is 1. The molecule has 3 nitrogen and oxygen atoms in total. The summed E-state index contributed by atoms with van der Waals surface area (Å²) in [5, 5.41) is 0. The maximum Gasteiger partial charge on any atom is 0.230 e. The monoisotopic (exact) mass is 272 g/mol. The lowest BCUT2D eigenvalue weighted by Gasteiger charge is -2.36. The summed E-state index contributed by atoms with van der Waals surface area (Å²) < 4.78 is 0. The second-order valence-electron chi connectivity index (χ2n) is 6.36. The van der Waals surface area contributed by atoms with E-state index in [4.69, 9.17) is 5.73 Å². The fraction of sp³-hybridized carbons (Fsp3) is 0.588. The molecule has 3 unspecified atom stereocenters. The minimum Gasteiger partial charge on any atom is -0.328 e. The van der Waals surface area contributed by atoms with Crippen LogP contribution in [0.1, 0.15) is 50.5 Å². The lowest BCUT2D eigenvalue weighted by atomic mass is 9.84. The Morgan fingerprint density at radius 1 is 1.25 bits per heavy atom. The highest BCUT2D eigenvalue weighted by Crippen LogP contribution is 2.36. The van der Waals surface area contributed by atoms with Gasteiger partial charge in [-0.2, -0.15) is 0 Å². The molecule has 20 heavy (non-hydrogen) atoms. The molecule has 0 bridgehead atoms. The van der Waals surface area contributed by atoms with Gasteiger partial charge in [-0.15, -0.1) is 0 Å². The minimum absolute atomic E-state index is 0.125. The summed E-state index contributed by atoms with van der Waals surface area (Å²) in [6.45, 7) is 3.10. The maximum atomic E-state index is 12.8. The van der Waals surface area contributed by atoms with Crippen LogP contribution in [0.15, 0.2) is 24.3 Å². The number of carbonyl (C=O) groups excluding carboxylic acids is 1. The molecule has 3 heteroatoms. The van der Waals surface area contributed by atoms with E-state index in [0.29, 0.717) is 11.8 Å². The predicted octanol–water partition coefficient (Wildman–Crippen LogP) is 3.04. The predicted molar refractivity (Wildman–Crippen MR) is 81.8 cm³/mol. The highest BCUT2D eigenvalue weighted by Gasteiger charge is 2.32.